The van der Waals surface area contributed by atoms with Crippen LogP contribution in [0.25, 0.3) is 0 Å². The smallest absolute Gasteiger partial charge is 0.0957 e. The topological polar surface area (TPSA) is 25.4 Å². The molecule has 0 unspecified atom stereocenters. The molecular formula is C13H20N2OS. The van der Waals surface area contributed by atoms with E-state index in [1.807, 2.05) is 6.20 Å². The van der Waals surface area contributed by atoms with Gasteiger partial charge in [-0.15, -0.1) is 11.8 Å². The van der Waals surface area contributed by atoms with Crippen LogP contribution in [0.15, 0.2) is 23.4 Å². The maximum atomic E-state index is 5.57. The quantitative estimate of drug-likeness (QED) is 0.772. The van der Waals surface area contributed by atoms with Crippen molar-refractivity contribution in [1.82, 2.24) is 9.88 Å². The van der Waals surface area contributed by atoms with Gasteiger partial charge in [-0.2, -0.15) is 0 Å². The Morgan fingerprint density at radius 2 is 2.35 bits per heavy atom. The van der Waals surface area contributed by atoms with Crippen molar-refractivity contribution in [3.8, 4) is 0 Å². The Bertz CT molecular complexity index is 355. The van der Waals surface area contributed by atoms with Crippen LogP contribution in [0.2, 0.25) is 0 Å². The Labute approximate surface area is 108 Å². The minimum absolute atomic E-state index is 0.338. The van der Waals surface area contributed by atoms with Crippen molar-refractivity contribution in [1.29, 1.82) is 0 Å². The zero-order chi connectivity index (χ0) is 12.3. The van der Waals surface area contributed by atoms with Gasteiger partial charge in [0, 0.05) is 25.3 Å². The molecule has 1 saturated heterocycles. The van der Waals surface area contributed by atoms with Crippen LogP contribution in [-0.2, 0) is 4.74 Å². The van der Waals surface area contributed by atoms with Crippen LogP contribution in [0.4, 0.5) is 0 Å². The van der Waals surface area contributed by atoms with E-state index in [1.165, 1.54) is 5.56 Å². The molecule has 0 aliphatic carbocycles. The summed E-state index contributed by atoms with van der Waals surface area (Å²) in [5, 5.41) is 1.08. The summed E-state index contributed by atoms with van der Waals surface area (Å²) in [5.41, 5.74) is 1.29. The molecule has 1 aliphatic rings. The van der Waals surface area contributed by atoms with Crippen LogP contribution < -0.4 is 0 Å². The van der Waals surface area contributed by atoms with Crippen LogP contribution in [0.1, 0.15) is 25.5 Å². The number of pyridine rings is 1. The standard InChI is InChI=1S/C13H20N2OS/c1-10-9-15(6-7-16-10)11(2)12-4-5-13(17-3)14-8-12/h4-5,8,10-11H,6-7,9H2,1-3H3/t10-,11+/m0/s1. The zero-order valence-electron chi connectivity index (χ0n) is 10.7. The van der Waals surface area contributed by atoms with Gasteiger partial charge in [0.25, 0.3) is 0 Å². The monoisotopic (exact) mass is 252 g/mol. The SMILES string of the molecule is CSc1ccc([C@@H](C)N2CCO[C@@H](C)C2)cn1. The minimum atomic E-state index is 0.338. The largest absolute Gasteiger partial charge is 0.376 e. The molecule has 0 radical (unpaired) electrons. The fourth-order valence-electron chi connectivity index (χ4n) is 2.17. The van der Waals surface area contributed by atoms with E-state index in [4.69, 9.17) is 4.74 Å². The number of morpholine rings is 1. The molecule has 3 nitrogen and oxygen atoms in total. The number of nitrogens with zero attached hydrogens (tertiary/aromatic N) is 2. The summed E-state index contributed by atoms with van der Waals surface area (Å²) in [6.07, 6.45) is 4.38. The second kappa shape index (κ2) is 5.85. The molecule has 4 heteroatoms. The molecule has 1 aromatic rings. The van der Waals surface area contributed by atoms with Crippen molar-refractivity contribution >= 4 is 11.8 Å². The van der Waals surface area contributed by atoms with Crippen LogP contribution in [0.3, 0.4) is 0 Å². The van der Waals surface area contributed by atoms with E-state index >= 15 is 0 Å². The van der Waals surface area contributed by atoms with Gasteiger partial charge in [-0.1, -0.05) is 6.07 Å². The van der Waals surface area contributed by atoms with Gasteiger partial charge in [0.1, 0.15) is 0 Å². The van der Waals surface area contributed by atoms with Crippen LogP contribution in [-0.4, -0.2) is 41.9 Å². The molecule has 1 aliphatic heterocycles. The van der Waals surface area contributed by atoms with E-state index in [9.17, 15) is 0 Å². The third-order valence-electron chi connectivity index (χ3n) is 3.27. The fourth-order valence-corrected chi connectivity index (χ4v) is 2.53. The molecule has 1 aromatic heterocycles. The first-order chi connectivity index (χ1) is 8.20. The number of hydrogen-bond donors (Lipinski definition) is 0. The molecular weight excluding hydrogens is 232 g/mol. The van der Waals surface area contributed by atoms with E-state index in [0.29, 0.717) is 12.1 Å². The summed E-state index contributed by atoms with van der Waals surface area (Å²) >= 11 is 1.68. The van der Waals surface area contributed by atoms with Gasteiger partial charge < -0.3 is 4.74 Å². The van der Waals surface area contributed by atoms with Crippen LogP contribution in [0.5, 0.6) is 0 Å². The maximum Gasteiger partial charge on any atom is 0.0957 e. The first kappa shape index (κ1) is 12.9. The fraction of sp³-hybridized carbons (Fsp3) is 0.615. The Balaban J connectivity index is 2.04. The van der Waals surface area contributed by atoms with Gasteiger partial charge in [-0.3, -0.25) is 4.90 Å². The highest BCUT2D eigenvalue weighted by Gasteiger charge is 2.22. The molecule has 2 heterocycles. The Hall–Kier alpha value is -0.580. The average Bonchev–Trinajstić information content (AvgIpc) is 2.38. The number of ether oxygens (including phenoxy) is 1. The third kappa shape index (κ3) is 3.21. The third-order valence-corrected chi connectivity index (χ3v) is 3.93. The summed E-state index contributed by atoms with van der Waals surface area (Å²) in [6, 6.07) is 4.70. The summed E-state index contributed by atoms with van der Waals surface area (Å²) in [6.45, 7) is 7.23. The minimum Gasteiger partial charge on any atom is -0.376 e. The van der Waals surface area contributed by atoms with Crippen molar-refractivity contribution in [2.45, 2.75) is 31.0 Å². The highest BCUT2D eigenvalue weighted by molar-refractivity contribution is 7.98. The summed E-state index contributed by atoms with van der Waals surface area (Å²) in [7, 11) is 0. The number of aromatic nitrogens is 1. The lowest BCUT2D eigenvalue weighted by Gasteiger charge is -2.35. The molecule has 0 aromatic carbocycles. The molecule has 94 valence electrons. The highest BCUT2D eigenvalue weighted by atomic mass is 32.2. The Morgan fingerprint density at radius 1 is 1.53 bits per heavy atom. The maximum absolute atomic E-state index is 5.57. The Kier molecular flexibility index (Phi) is 4.42. The molecule has 0 amide bonds. The van der Waals surface area contributed by atoms with Crippen molar-refractivity contribution in [2.75, 3.05) is 26.0 Å². The second-order valence-electron chi connectivity index (χ2n) is 4.49. The van der Waals surface area contributed by atoms with Gasteiger partial charge in [0.2, 0.25) is 0 Å². The predicted octanol–water partition coefficient (Wildman–Crippen LogP) is 2.59. The van der Waals surface area contributed by atoms with Crippen molar-refractivity contribution in [3.63, 3.8) is 0 Å². The summed E-state index contributed by atoms with van der Waals surface area (Å²) < 4.78 is 5.57. The molecule has 0 bridgehead atoms. The van der Waals surface area contributed by atoms with Gasteiger partial charge >= 0.3 is 0 Å². The van der Waals surface area contributed by atoms with Gasteiger partial charge in [-0.05, 0) is 31.7 Å². The number of rotatable bonds is 3. The second-order valence-corrected chi connectivity index (χ2v) is 5.31. The lowest BCUT2D eigenvalue weighted by atomic mass is 10.1. The molecule has 0 N–H and O–H groups in total. The molecule has 2 atom stereocenters. The number of thioether (sulfide) groups is 1. The van der Waals surface area contributed by atoms with Crippen LogP contribution >= 0.6 is 11.8 Å². The van der Waals surface area contributed by atoms with E-state index in [2.05, 4.69) is 42.1 Å². The lowest BCUT2D eigenvalue weighted by Crippen LogP contribution is -2.42. The zero-order valence-corrected chi connectivity index (χ0v) is 11.5. The lowest BCUT2D eigenvalue weighted by molar-refractivity contribution is -0.0320. The predicted molar refractivity (Wildman–Crippen MR) is 71.4 cm³/mol. The van der Waals surface area contributed by atoms with Gasteiger partial charge in [-0.25, -0.2) is 4.98 Å². The van der Waals surface area contributed by atoms with Crippen molar-refractivity contribution < 1.29 is 4.74 Å². The normalized spacial score (nSPS) is 23.6. The molecule has 0 saturated carbocycles. The molecule has 2 rings (SSSR count). The van der Waals surface area contributed by atoms with Crippen molar-refractivity contribution in [3.05, 3.63) is 23.9 Å². The molecule has 1 fully saturated rings. The summed E-state index contributed by atoms with van der Waals surface area (Å²) in [5.74, 6) is 0. The number of hydrogen-bond acceptors (Lipinski definition) is 4. The summed E-state index contributed by atoms with van der Waals surface area (Å²) in [4.78, 5) is 6.90. The molecule has 0 spiro atoms. The van der Waals surface area contributed by atoms with E-state index in [-0.39, 0.29) is 0 Å². The van der Waals surface area contributed by atoms with E-state index in [0.717, 1.165) is 24.7 Å². The van der Waals surface area contributed by atoms with Gasteiger partial charge in [0.15, 0.2) is 0 Å². The molecule has 17 heavy (non-hydrogen) atoms. The van der Waals surface area contributed by atoms with E-state index < -0.39 is 0 Å². The first-order valence-electron chi connectivity index (χ1n) is 6.06. The Morgan fingerprint density at radius 3 is 2.94 bits per heavy atom. The van der Waals surface area contributed by atoms with E-state index in [1.54, 1.807) is 11.8 Å². The van der Waals surface area contributed by atoms with Crippen LogP contribution in [0, 0.1) is 0 Å². The van der Waals surface area contributed by atoms with Gasteiger partial charge in [0.05, 0.1) is 17.7 Å². The first-order valence-corrected chi connectivity index (χ1v) is 7.28. The highest BCUT2D eigenvalue weighted by Crippen LogP contribution is 2.23. The average molecular weight is 252 g/mol. The van der Waals surface area contributed by atoms with Crippen molar-refractivity contribution in [2.24, 2.45) is 0 Å².